The molecule has 4 atom stereocenters. The number of nitrogens with two attached hydrogens (primary N) is 1. The van der Waals surface area contributed by atoms with Crippen molar-refractivity contribution < 1.29 is 14.3 Å². The van der Waals surface area contributed by atoms with Crippen LogP contribution in [0.1, 0.15) is 82.8 Å². The molecular formula is C29H42N2O3. The van der Waals surface area contributed by atoms with Crippen LogP contribution in [0.25, 0.3) is 0 Å². The second-order valence-electron chi connectivity index (χ2n) is 9.41. The summed E-state index contributed by atoms with van der Waals surface area (Å²) >= 11 is 0. The Morgan fingerprint density at radius 3 is 2.18 bits per heavy atom. The van der Waals surface area contributed by atoms with Crippen LogP contribution in [0.5, 0.6) is 5.75 Å². The zero-order valence-corrected chi connectivity index (χ0v) is 21.3. The van der Waals surface area contributed by atoms with E-state index in [9.17, 15) is 9.59 Å². The lowest BCUT2D eigenvalue weighted by Crippen LogP contribution is -2.42. The topological polar surface area (TPSA) is 81.4 Å². The van der Waals surface area contributed by atoms with Gasteiger partial charge < -0.3 is 15.8 Å². The van der Waals surface area contributed by atoms with Crippen LogP contribution in [-0.2, 0) is 9.59 Å². The van der Waals surface area contributed by atoms with Crippen molar-refractivity contribution >= 4 is 11.7 Å². The molecule has 3 N–H and O–H groups in total. The predicted molar refractivity (Wildman–Crippen MR) is 139 cm³/mol. The van der Waals surface area contributed by atoms with Crippen LogP contribution >= 0.6 is 0 Å². The van der Waals surface area contributed by atoms with Crippen LogP contribution in [0, 0.1) is 5.92 Å². The van der Waals surface area contributed by atoms with E-state index in [1.54, 1.807) is 0 Å². The molecule has 5 nitrogen and oxygen atoms in total. The van der Waals surface area contributed by atoms with E-state index in [0.29, 0.717) is 31.9 Å². The van der Waals surface area contributed by atoms with E-state index in [1.165, 1.54) is 0 Å². The standard InChI is InChI=1S/C29H42N2O3/c1-5-10-21(3)20-34-26-16-14-24(15-17-26)25(19-31-29(33)27(30)11-6-2)18-28(32)22(4)23-12-8-7-9-13-23/h7-9,12-17,21-22,25,27H,5-6,10-11,18-20,30H2,1-4H3,(H,31,33)/t21?,22-,25-,27-/m0/s1. The normalized spacial score (nSPS) is 14.6. The van der Waals surface area contributed by atoms with Crippen molar-refractivity contribution in [2.75, 3.05) is 13.2 Å². The van der Waals surface area contributed by atoms with Crippen molar-refractivity contribution in [2.24, 2.45) is 11.7 Å². The molecule has 186 valence electrons. The largest absolute Gasteiger partial charge is 0.493 e. The van der Waals surface area contributed by atoms with Crippen molar-refractivity contribution in [3.05, 3.63) is 65.7 Å². The fourth-order valence-corrected chi connectivity index (χ4v) is 4.10. The van der Waals surface area contributed by atoms with Crippen molar-refractivity contribution in [3.63, 3.8) is 0 Å². The van der Waals surface area contributed by atoms with Gasteiger partial charge in [-0.3, -0.25) is 9.59 Å². The Morgan fingerprint density at radius 1 is 0.912 bits per heavy atom. The van der Waals surface area contributed by atoms with Gasteiger partial charge >= 0.3 is 0 Å². The fraction of sp³-hybridized carbons (Fsp3) is 0.517. The van der Waals surface area contributed by atoms with Gasteiger partial charge in [-0.2, -0.15) is 0 Å². The van der Waals surface area contributed by atoms with Crippen LogP contribution in [0.3, 0.4) is 0 Å². The molecule has 0 saturated heterocycles. The molecule has 0 aliphatic rings. The van der Waals surface area contributed by atoms with Gasteiger partial charge in [-0.25, -0.2) is 0 Å². The number of carbonyl (C=O) groups excluding carboxylic acids is 2. The number of nitrogens with one attached hydrogen (secondary N) is 1. The zero-order chi connectivity index (χ0) is 24.9. The molecule has 1 unspecified atom stereocenters. The molecule has 0 aromatic heterocycles. The smallest absolute Gasteiger partial charge is 0.236 e. The highest BCUT2D eigenvalue weighted by atomic mass is 16.5. The summed E-state index contributed by atoms with van der Waals surface area (Å²) in [4.78, 5) is 25.6. The van der Waals surface area contributed by atoms with Gasteiger partial charge in [0.05, 0.1) is 12.6 Å². The maximum absolute atomic E-state index is 13.2. The van der Waals surface area contributed by atoms with Gasteiger partial charge in [-0.05, 0) is 42.0 Å². The minimum atomic E-state index is -0.523. The quantitative estimate of drug-likeness (QED) is 0.358. The molecule has 0 aliphatic carbocycles. The minimum absolute atomic E-state index is 0.135. The predicted octanol–water partition coefficient (Wildman–Crippen LogP) is 5.59. The van der Waals surface area contributed by atoms with Gasteiger partial charge in [0.2, 0.25) is 5.91 Å². The lowest BCUT2D eigenvalue weighted by atomic mass is 9.87. The number of hydrogen-bond donors (Lipinski definition) is 2. The lowest BCUT2D eigenvalue weighted by molar-refractivity contribution is -0.123. The molecule has 0 saturated carbocycles. The molecule has 0 fully saturated rings. The Bertz CT molecular complexity index is 867. The third-order valence-corrected chi connectivity index (χ3v) is 6.36. The van der Waals surface area contributed by atoms with Gasteiger partial charge in [0.15, 0.2) is 0 Å². The van der Waals surface area contributed by atoms with Gasteiger partial charge in [0.25, 0.3) is 0 Å². The van der Waals surface area contributed by atoms with Crippen molar-refractivity contribution in [1.29, 1.82) is 0 Å². The minimum Gasteiger partial charge on any atom is -0.493 e. The average molecular weight is 467 g/mol. The second-order valence-corrected chi connectivity index (χ2v) is 9.41. The Labute approximate surface area is 205 Å². The molecular weight excluding hydrogens is 424 g/mol. The molecule has 1 amide bonds. The third kappa shape index (κ3) is 8.94. The number of rotatable bonds is 15. The summed E-state index contributed by atoms with van der Waals surface area (Å²) in [7, 11) is 0. The van der Waals surface area contributed by atoms with Crippen molar-refractivity contribution in [1.82, 2.24) is 5.32 Å². The van der Waals surface area contributed by atoms with Crippen LogP contribution in [0.4, 0.5) is 0 Å². The van der Waals surface area contributed by atoms with Gasteiger partial charge in [-0.1, -0.05) is 83.0 Å². The summed E-state index contributed by atoms with van der Waals surface area (Å²) in [5, 5.41) is 2.97. The first-order valence-corrected chi connectivity index (χ1v) is 12.7. The molecule has 0 heterocycles. The summed E-state index contributed by atoms with van der Waals surface area (Å²) in [6.07, 6.45) is 4.12. The highest BCUT2D eigenvalue weighted by molar-refractivity contribution is 5.86. The first kappa shape index (κ1) is 27.6. The van der Waals surface area contributed by atoms with E-state index < -0.39 is 6.04 Å². The summed E-state index contributed by atoms with van der Waals surface area (Å²) in [6, 6.07) is 17.2. The maximum Gasteiger partial charge on any atom is 0.236 e. The third-order valence-electron chi connectivity index (χ3n) is 6.36. The first-order chi connectivity index (χ1) is 16.3. The molecule has 0 radical (unpaired) electrons. The Morgan fingerprint density at radius 2 is 1.56 bits per heavy atom. The van der Waals surface area contributed by atoms with Crippen LogP contribution < -0.4 is 15.8 Å². The monoisotopic (exact) mass is 466 g/mol. The molecule has 34 heavy (non-hydrogen) atoms. The van der Waals surface area contributed by atoms with E-state index >= 15 is 0 Å². The first-order valence-electron chi connectivity index (χ1n) is 12.7. The average Bonchev–Trinajstić information content (AvgIpc) is 2.85. The summed E-state index contributed by atoms with van der Waals surface area (Å²) in [6.45, 7) is 9.38. The Kier molecular flexibility index (Phi) is 11.8. The lowest BCUT2D eigenvalue weighted by Gasteiger charge is -2.21. The zero-order valence-electron chi connectivity index (χ0n) is 21.3. The van der Waals surface area contributed by atoms with E-state index in [-0.39, 0.29) is 23.5 Å². The molecule has 2 rings (SSSR count). The Balaban J connectivity index is 2.11. The highest BCUT2D eigenvalue weighted by Crippen LogP contribution is 2.27. The molecule has 2 aromatic carbocycles. The molecule has 0 spiro atoms. The number of ketones is 1. The maximum atomic E-state index is 13.2. The van der Waals surface area contributed by atoms with Crippen LogP contribution in [0.2, 0.25) is 0 Å². The van der Waals surface area contributed by atoms with Gasteiger partial charge in [-0.15, -0.1) is 0 Å². The molecule has 0 aliphatic heterocycles. The summed E-state index contributed by atoms with van der Waals surface area (Å²) in [5.41, 5.74) is 7.99. The number of benzene rings is 2. The van der Waals surface area contributed by atoms with E-state index in [4.69, 9.17) is 10.5 Å². The number of carbonyl (C=O) groups is 2. The highest BCUT2D eigenvalue weighted by Gasteiger charge is 2.23. The SMILES string of the molecule is CCCC(C)COc1ccc([C@H](CNC(=O)[C@@H](N)CCC)CC(=O)[C@@H](C)c2ccccc2)cc1. The van der Waals surface area contributed by atoms with Crippen LogP contribution in [-0.4, -0.2) is 30.9 Å². The van der Waals surface area contributed by atoms with E-state index in [1.807, 2.05) is 68.4 Å². The Hall–Kier alpha value is -2.66. The van der Waals surface area contributed by atoms with Crippen LogP contribution in [0.15, 0.2) is 54.6 Å². The number of ether oxygens (including phenoxy) is 1. The second kappa shape index (κ2) is 14.6. The number of hydrogen-bond acceptors (Lipinski definition) is 4. The van der Waals surface area contributed by atoms with Crippen molar-refractivity contribution in [2.45, 2.75) is 77.7 Å². The van der Waals surface area contributed by atoms with Gasteiger partial charge in [0, 0.05) is 24.8 Å². The van der Waals surface area contributed by atoms with E-state index in [2.05, 4.69) is 19.2 Å². The summed E-state index contributed by atoms with van der Waals surface area (Å²) in [5.74, 6) is 0.978. The van der Waals surface area contributed by atoms with Gasteiger partial charge in [0.1, 0.15) is 11.5 Å². The van der Waals surface area contributed by atoms with E-state index in [0.717, 1.165) is 36.1 Å². The molecule has 0 bridgehead atoms. The molecule has 2 aromatic rings. The molecule has 5 heteroatoms. The number of Topliss-reactive ketones (excluding diaryl/α,β-unsaturated/α-hetero) is 1. The number of amides is 1. The van der Waals surface area contributed by atoms with Crippen molar-refractivity contribution in [3.8, 4) is 5.75 Å². The fourth-order valence-electron chi connectivity index (χ4n) is 4.10. The summed E-state index contributed by atoms with van der Waals surface area (Å²) < 4.78 is 5.94.